The predicted octanol–water partition coefficient (Wildman–Crippen LogP) is 4.62. The summed E-state index contributed by atoms with van der Waals surface area (Å²) in [6.07, 6.45) is 1.75. The first-order valence-corrected chi connectivity index (χ1v) is 7.03. The number of allylic oxidation sites excluding steroid dienone is 1. The third-order valence-electron chi connectivity index (χ3n) is 2.98. The van der Waals surface area contributed by atoms with Crippen LogP contribution in [0.2, 0.25) is 0 Å². The van der Waals surface area contributed by atoms with Gasteiger partial charge in [-0.05, 0) is 35.9 Å². The number of ketones is 1. The number of thioether (sulfide) groups is 1. The number of Topliss-reactive ketones (excluding diaryl/α,β-unsaturated/α-hetero) is 1. The van der Waals surface area contributed by atoms with E-state index in [2.05, 4.69) is 4.74 Å². The van der Waals surface area contributed by atoms with Crippen LogP contribution in [0.1, 0.15) is 15.9 Å². The van der Waals surface area contributed by atoms with E-state index in [1.807, 2.05) is 18.2 Å². The predicted molar refractivity (Wildman–Crippen MR) is 77.7 cm³/mol. The minimum atomic E-state index is -2.84. The van der Waals surface area contributed by atoms with Crippen molar-refractivity contribution in [2.75, 3.05) is 0 Å². The maximum absolute atomic E-state index is 12.2. The summed E-state index contributed by atoms with van der Waals surface area (Å²) in [7, 11) is 0. The standard InChI is InChI=1S/C16H10F2O2S/c17-16(18)20-11-7-5-10(6-8-11)9-14-15(19)12-3-1-2-4-13(12)21-14/h1-9,16H. The molecule has 0 bridgehead atoms. The Kier molecular flexibility index (Phi) is 3.75. The Labute approximate surface area is 124 Å². The Balaban J connectivity index is 1.82. The minimum Gasteiger partial charge on any atom is -0.435 e. The van der Waals surface area contributed by atoms with E-state index in [0.29, 0.717) is 10.5 Å². The van der Waals surface area contributed by atoms with Crippen molar-refractivity contribution in [3.8, 4) is 5.75 Å². The summed E-state index contributed by atoms with van der Waals surface area (Å²) in [4.78, 5) is 13.8. The average molecular weight is 304 g/mol. The van der Waals surface area contributed by atoms with Crippen molar-refractivity contribution in [1.29, 1.82) is 0 Å². The first kappa shape index (κ1) is 13.8. The molecule has 5 heteroatoms. The number of benzene rings is 2. The van der Waals surface area contributed by atoms with Gasteiger partial charge < -0.3 is 4.74 Å². The van der Waals surface area contributed by atoms with E-state index in [0.717, 1.165) is 10.5 Å². The number of fused-ring (bicyclic) bond motifs is 1. The van der Waals surface area contributed by atoms with Gasteiger partial charge in [0.15, 0.2) is 0 Å². The largest absolute Gasteiger partial charge is 0.435 e. The molecule has 1 heterocycles. The monoisotopic (exact) mass is 304 g/mol. The van der Waals surface area contributed by atoms with Crippen LogP contribution in [0.5, 0.6) is 5.75 Å². The van der Waals surface area contributed by atoms with Gasteiger partial charge in [-0.2, -0.15) is 8.78 Å². The molecule has 0 fully saturated rings. The molecule has 0 N–H and O–H groups in total. The smallest absolute Gasteiger partial charge is 0.387 e. The Bertz CT molecular complexity index is 708. The summed E-state index contributed by atoms with van der Waals surface area (Å²) in [5.74, 6) is 0.0874. The topological polar surface area (TPSA) is 26.3 Å². The third kappa shape index (κ3) is 2.97. The second kappa shape index (κ2) is 5.69. The quantitative estimate of drug-likeness (QED) is 0.774. The fourth-order valence-corrected chi connectivity index (χ4v) is 3.08. The van der Waals surface area contributed by atoms with E-state index in [-0.39, 0.29) is 11.5 Å². The van der Waals surface area contributed by atoms with Gasteiger partial charge in [0.25, 0.3) is 0 Å². The molecular weight excluding hydrogens is 294 g/mol. The Hall–Kier alpha value is -2.14. The Morgan fingerprint density at radius 3 is 2.43 bits per heavy atom. The highest BCUT2D eigenvalue weighted by Gasteiger charge is 2.24. The van der Waals surface area contributed by atoms with Crippen LogP contribution in [-0.2, 0) is 0 Å². The number of carbonyl (C=O) groups is 1. The number of rotatable bonds is 3. The van der Waals surface area contributed by atoms with Crippen LogP contribution in [0, 0.1) is 0 Å². The molecule has 106 valence electrons. The third-order valence-corrected chi connectivity index (χ3v) is 4.08. The van der Waals surface area contributed by atoms with Gasteiger partial charge in [-0.15, -0.1) is 0 Å². The zero-order valence-electron chi connectivity index (χ0n) is 10.8. The van der Waals surface area contributed by atoms with Crippen molar-refractivity contribution in [3.63, 3.8) is 0 Å². The highest BCUT2D eigenvalue weighted by molar-refractivity contribution is 8.04. The molecular formula is C16H10F2O2S. The first-order chi connectivity index (χ1) is 10.1. The molecule has 0 saturated heterocycles. The zero-order chi connectivity index (χ0) is 14.8. The van der Waals surface area contributed by atoms with E-state index < -0.39 is 6.61 Å². The van der Waals surface area contributed by atoms with Gasteiger partial charge in [0.1, 0.15) is 5.75 Å². The Morgan fingerprint density at radius 2 is 1.76 bits per heavy atom. The molecule has 0 saturated carbocycles. The molecule has 0 atom stereocenters. The fraction of sp³-hybridized carbons (Fsp3) is 0.0625. The molecule has 0 spiro atoms. The molecule has 3 rings (SSSR count). The van der Waals surface area contributed by atoms with Gasteiger partial charge in [0, 0.05) is 10.5 Å². The summed E-state index contributed by atoms with van der Waals surface area (Å²) in [5.41, 5.74) is 1.46. The summed E-state index contributed by atoms with van der Waals surface area (Å²) in [6, 6.07) is 13.6. The van der Waals surface area contributed by atoms with Crippen LogP contribution in [0.15, 0.2) is 58.3 Å². The lowest BCUT2D eigenvalue weighted by molar-refractivity contribution is -0.0498. The molecule has 2 aromatic carbocycles. The number of hydrogen-bond acceptors (Lipinski definition) is 3. The van der Waals surface area contributed by atoms with Crippen LogP contribution in [0.25, 0.3) is 6.08 Å². The van der Waals surface area contributed by atoms with E-state index in [9.17, 15) is 13.6 Å². The van der Waals surface area contributed by atoms with Crippen molar-refractivity contribution in [3.05, 3.63) is 64.6 Å². The van der Waals surface area contributed by atoms with Gasteiger partial charge in [-0.25, -0.2) is 0 Å². The van der Waals surface area contributed by atoms with Gasteiger partial charge in [-0.3, -0.25) is 4.79 Å². The summed E-state index contributed by atoms with van der Waals surface area (Å²) < 4.78 is 28.4. The van der Waals surface area contributed by atoms with Crippen molar-refractivity contribution in [2.24, 2.45) is 0 Å². The van der Waals surface area contributed by atoms with Gasteiger partial charge >= 0.3 is 6.61 Å². The average Bonchev–Trinajstić information content (AvgIpc) is 2.78. The molecule has 1 aliphatic rings. The molecule has 0 aliphatic carbocycles. The van der Waals surface area contributed by atoms with Crippen molar-refractivity contribution in [2.45, 2.75) is 11.5 Å². The number of hydrogen-bond donors (Lipinski definition) is 0. The first-order valence-electron chi connectivity index (χ1n) is 6.21. The molecule has 21 heavy (non-hydrogen) atoms. The van der Waals surface area contributed by atoms with E-state index in [4.69, 9.17) is 0 Å². The molecule has 0 radical (unpaired) electrons. The second-order valence-corrected chi connectivity index (χ2v) is 5.47. The van der Waals surface area contributed by atoms with Gasteiger partial charge in [0.2, 0.25) is 5.78 Å². The molecule has 2 nitrogen and oxygen atoms in total. The molecule has 0 aromatic heterocycles. The zero-order valence-corrected chi connectivity index (χ0v) is 11.6. The van der Waals surface area contributed by atoms with Crippen molar-refractivity contribution in [1.82, 2.24) is 0 Å². The maximum atomic E-state index is 12.2. The van der Waals surface area contributed by atoms with E-state index >= 15 is 0 Å². The van der Waals surface area contributed by atoms with E-state index in [1.165, 1.54) is 23.9 Å². The fourth-order valence-electron chi connectivity index (χ4n) is 2.03. The lowest BCUT2D eigenvalue weighted by Gasteiger charge is -2.04. The van der Waals surface area contributed by atoms with Crippen LogP contribution in [-0.4, -0.2) is 12.4 Å². The minimum absolute atomic E-state index is 0.0106. The Morgan fingerprint density at radius 1 is 1.05 bits per heavy atom. The van der Waals surface area contributed by atoms with Gasteiger partial charge in [-0.1, -0.05) is 36.0 Å². The lowest BCUT2D eigenvalue weighted by atomic mass is 10.1. The van der Waals surface area contributed by atoms with Crippen molar-refractivity contribution >= 4 is 23.6 Å². The second-order valence-electron chi connectivity index (χ2n) is 4.38. The summed E-state index contributed by atoms with van der Waals surface area (Å²) in [5, 5.41) is 0. The highest BCUT2D eigenvalue weighted by Crippen LogP contribution is 2.40. The van der Waals surface area contributed by atoms with E-state index in [1.54, 1.807) is 24.3 Å². The maximum Gasteiger partial charge on any atom is 0.387 e. The van der Waals surface area contributed by atoms with Crippen LogP contribution in [0.3, 0.4) is 0 Å². The molecule has 1 aliphatic heterocycles. The number of alkyl halides is 2. The number of ether oxygens (including phenoxy) is 1. The SMILES string of the molecule is O=C1C(=Cc2ccc(OC(F)F)cc2)Sc2ccccc21. The number of carbonyl (C=O) groups excluding carboxylic acids is 1. The number of halogens is 2. The molecule has 0 unspecified atom stereocenters. The van der Waals surface area contributed by atoms with Crippen LogP contribution < -0.4 is 4.74 Å². The normalized spacial score (nSPS) is 15.6. The lowest BCUT2D eigenvalue weighted by Crippen LogP contribution is -2.01. The van der Waals surface area contributed by atoms with Gasteiger partial charge in [0.05, 0.1) is 4.91 Å². The van der Waals surface area contributed by atoms with Crippen molar-refractivity contribution < 1.29 is 18.3 Å². The summed E-state index contributed by atoms with van der Waals surface area (Å²) >= 11 is 1.41. The summed E-state index contributed by atoms with van der Waals surface area (Å²) in [6.45, 7) is -2.84. The van der Waals surface area contributed by atoms with Crippen LogP contribution in [0.4, 0.5) is 8.78 Å². The van der Waals surface area contributed by atoms with Crippen LogP contribution >= 0.6 is 11.8 Å². The molecule has 0 amide bonds. The molecule has 2 aromatic rings. The highest BCUT2D eigenvalue weighted by atomic mass is 32.2.